The highest BCUT2D eigenvalue weighted by Crippen LogP contribution is 2.13. The van der Waals surface area contributed by atoms with Crippen LogP contribution in [-0.4, -0.2) is 30.5 Å². The van der Waals surface area contributed by atoms with Crippen molar-refractivity contribution in [3.8, 4) is 0 Å². The van der Waals surface area contributed by atoms with Crippen LogP contribution in [0.15, 0.2) is 11.6 Å². The lowest BCUT2D eigenvalue weighted by Gasteiger charge is -2.11. The van der Waals surface area contributed by atoms with E-state index in [-0.39, 0.29) is 18.8 Å². The number of hydrogen-bond acceptors (Lipinski definition) is 4. The van der Waals surface area contributed by atoms with Gasteiger partial charge in [0.1, 0.15) is 0 Å². The molecule has 1 atom stereocenters. The average Bonchev–Trinajstić information content (AvgIpc) is 2.19. The monoisotopic (exact) mass is 234 g/mol. The standard InChI is InChI=1S/C10H15ClO4/c1-4-7(9(12)14-5-2)8(11)10(13)15-6-3/h4,8H,5-6H2,1-3H3/b7-4-. The molecule has 0 aliphatic rings. The Labute approximate surface area is 94.2 Å². The van der Waals surface area contributed by atoms with Gasteiger partial charge in [0.05, 0.1) is 18.8 Å². The predicted octanol–water partition coefficient (Wildman–Crippen LogP) is 1.67. The summed E-state index contributed by atoms with van der Waals surface area (Å²) in [5, 5.41) is -1.10. The smallest absolute Gasteiger partial charge is 0.335 e. The van der Waals surface area contributed by atoms with Crippen LogP contribution < -0.4 is 0 Å². The van der Waals surface area contributed by atoms with Crippen molar-refractivity contribution in [3.05, 3.63) is 11.6 Å². The fraction of sp³-hybridized carbons (Fsp3) is 0.600. The summed E-state index contributed by atoms with van der Waals surface area (Å²) < 4.78 is 9.44. The van der Waals surface area contributed by atoms with E-state index in [9.17, 15) is 9.59 Å². The first kappa shape index (κ1) is 14.0. The Morgan fingerprint density at radius 3 is 2.20 bits per heavy atom. The molecular formula is C10H15ClO4. The molecular weight excluding hydrogens is 220 g/mol. The number of alkyl halides is 1. The summed E-state index contributed by atoms with van der Waals surface area (Å²) in [5.41, 5.74) is 0.108. The molecule has 4 nitrogen and oxygen atoms in total. The zero-order valence-electron chi connectivity index (χ0n) is 9.08. The van der Waals surface area contributed by atoms with Gasteiger partial charge in [-0.15, -0.1) is 11.6 Å². The van der Waals surface area contributed by atoms with Crippen LogP contribution in [-0.2, 0) is 19.1 Å². The second-order valence-corrected chi connectivity index (χ2v) is 3.02. The molecule has 0 spiro atoms. The van der Waals surface area contributed by atoms with Gasteiger partial charge in [-0.2, -0.15) is 0 Å². The number of ether oxygens (including phenoxy) is 2. The molecule has 0 saturated heterocycles. The molecule has 0 aromatic heterocycles. The van der Waals surface area contributed by atoms with E-state index < -0.39 is 17.3 Å². The van der Waals surface area contributed by atoms with Gasteiger partial charge in [0.15, 0.2) is 5.38 Å². The van der Waals surface area contributed by atoms with Gasteiger partial charge in [0.25, 0.3) is 0 Å². The minimum absolute atomic E-state index is 0.108. The van der Waals surface area contributed by atoms with Crippen molar-refractivity contribution in [3.63, 3.8) is 0 Å². The van der Waals surface area contributed by atoms with Gasteiger partial charge in [-0.1, -0.05) is 6.08 Å². The molecule has 0 aromatic carbocycles. The Hall–Kier alpha value is -1.03. The minimum Gasteiger partial charge on any atom is -0.465 e. The number of hydrogen-bond donors (Lipinski definition) is 0. The molecule has 0 aromatic rings. The summed E-state index contributed by atoms with van der Waals surface area (Å²) in [4.78, 5) is 22.6. The van der Waals surface area contributed by atoms with E-state index in [0.717, 1.165) is 0 Å². The van der Waals surface area contributed by atoms with E-state index in [1.807, 2.05) is 0 Å². The van der Waals surface area contributed by atoms with E-state index in [0.29, 0.717) is 0 Å². The van der Waals surface area contributed by atoms with Gasteiger partial charge in [-0.3, -0.25) is 4.79 Å². The van der Waals surface area contributed by atoms with Crippen molar-refractivity contribution in [1.82, 2.24) is 0 Å². The maximum atomic E-state index is 11.3. The maximum absolute atomic E-state index is 11.3. The van der Waals surface area contributed by atoms with Gasteiger partial charge in [0.2, 0.25) is 0 Å². The molecule has 0 fully saturated rings. The average molecular weight is 235 g/mol. The molecule has 0 N–H and O–H groups in total. The van der Waals surface area contributed by atoms with Crippen LogP contribution in [0, 0.1) is 0 Å². The van der Waals surface area contributed by atoms with Crippen molar-refractivity contribution in [2.24, 2.45) is 0 Å². The third kappa shape index (κ3) is 4.34. The highest BCUT2D eigenvalue weighted by atomic mass is 35.5. The van der Waals surface area contributed by atoms with Gasteiger partial charge >= 0.3 is 11.9 Å². The molecule has 0 radical (unpaired) electrons. The quantitative estimate of drug-likeness (QED) is 0.413. The third-order valence-corrected chi connectivity index (χ3v) is 2.00. The number of carbonyl (C=O) groups is 2. The van der Waals surface area contributed by atoms with Crippen molar-refractivity contribution in [2.45, 2.75) is 26.1 Å². The molecule has 5 heteroatoms. The van der Waals surface area contributed by atoms with Crippen LogP contribution in [0.1, 0.15) is 20.8 Å². The summed E-state index contributed by atoms with van der Waals surface area (Å²) in [5.74, 6) is -1.23. The van der Waals surface area contributed by atoms with E-state index in [1.165, 1.54) is 6.08 Å². The molecule has 0 aliphatic carbocycles. The van der Waals surface area contributed by atoms with Crippen molar-refractivity contribution >= 4 is 23.5 Å². The summed E-state index contributed by atoms with van der Waals surface area (Å²) in [6.07, 6.45) is 1.45. The Morgan fingerprint density at radius 2 is 1.80 bits per heavy atom. The third-order valence-electron chi connectivity index (χ3n) is 1.59. The number of carbonyl (C=O) groups excluding carboxylic acids is 2. The first-order valence-electron chi connectivity index (χ1n) is 4.72. The predicted molar refractivity (Wildman–Crippen MR) is 56.7 cm³/mol. The fourth-order valence-corrected chi connectivity index (χ4v) is 1.20. The zero-order valence-corrected chi connectivity index (χ0v) is 9.84. The van der Waals surface area contributed by atoms with Crippen molar-refractivity contribution < 1.29 is 19.1 Å². The van der Waals surface area contributed by atoms with E-state index in [4.69, 9.17) is 21.1 Å². The molecule has 1 unspecified atom stereocenters. The summed E-state index contributed by atoms with van der Waals surface area (Å²) in [7, 11) is 0. The molecule has 0 rings (SSSR count). The summed E-state index contributed by atoms with van der Waals surface area (Å²) in [6.45, 7) is 5.42. The van der Waals surface area contributed by atoms with E-state index >= 15 is 0 Å². The Morgan fingerprint density at radius 1 is 1.27 bits per heavy atom. The Bertz CT molecular complexity index is 260. The normalized spacial score (nSPS) is 13.2. The van der Waals surface area contributed by atoms with Crippen LogP contribution in [0.25, 0.3) is 0 Å². The highest BCUT2D eigenvalue weighted by Gasteiger charge is 2.26. The van der Waals surface area contributed by atoms with Gasteiger partial charge in [0, 0.05) is 0 Å². The molecule has 0 saturated carbocycles. The van der Waals surface area contributed by atoms with Gasteiger partial charge in [-0.05, 0) is 20.8 Å². The topological polar surface area (TPSA) is 52.6 Å². The maximum Gasteiger partial charge on any atom is 0.335 e. The van der Waals surface area contributed by atoms with Crippen LogP contribution >= 0.6 is 11.6 Å². The van der Waals surface area contributed by atoms with E-state index in [1.54, 1.807) is 20.8 Å². The Kier molecular flexibility index (Phi) is 6.79. The largest absolute Gasteiger partial charge is 0.465 e. The van der Waals surface area contributed by atoms with Crippen LogP contribution in [0.2, 0.25) is 0 Å². The molecule has 0 heterocycles. The SMILES string of the molecule is C/C=C(\C(=O)OCC)C(Cl)C(=O)OCC. The second-order valence-electron chi connectivity index (χ2n) is 2.58. The summed E-state index contributed by atoms with van der Waals surface area (Å²) in [6, 6.07) is 0. The molecule has 15 heavy (non-hydrogen) atoms. The van der Waals surface area contributed by atoms with E-state index in [2.05, 4.69) is 0 Å². The first-order chi connectivity index (χ1) is 7.08. The van der Waals surface area contributed by atoms with Crippen LogP contribution in [0.4, 0.5) is 0 Å². The lowest BCUT2D eigenvalue weighted by Crippen LogP contribution is -2.25. The minimum atomic E-state index is -1.10. The second kappa shape index (κ2) is 7.29. The van der Waals surface area contributed by atoms with Crippen molar-refractivity contribution in [2.75, 3.05) is 13.2 Å². The number of allylic oxidation sites excluding steroid dienone is 1. The number of halogens is 1. The van der Waals surface area contributed by atoms with Crippen LogP contribution in [0.3, 0.4) is 0 Å². The number of esters is 2. The lowest BCUT2D eigenvalue weighted by atomic mass is 10.2. The van der Waals surface area contributed by atoms with Crippen LogP contribution in [0.5, 0.6) is 0 Å². The summed E-state index contributed by atoms with van der Waals surface area (Å²) >= 11 is 5.76. The van der Waals surface area contributed by atoms with Gasteiger partial charge < -0.3 is 9.47 Å². The first-order valence-corrected chi connectivity index (χ1v) is 5.16. The highest BCUT2D eigenvalue weighted by molar-refractivity contribution is 6.34. The van der Waals surface area contributed by atoms with Gasteiger partial charge in [-0.25, -0.2) is 4.79 Å². The molecule has 0 amide bonds. The van der Waals surface area contributed by atoms with Crippen molar-refractivity contribution in [1.29, 1.82) is 0 Å². The lowest BCUT2D eigenvalue weighted by molar-refractivity contribution is -0.145. The molecule has 0 aliphatic heterocycles. The fourth-order valence-electron chi connectivity index (χ4n) is 0.924. The zero-order chi connectivity index (χ0) is 11.8. The Balaban J connectivity index is 4.55. The molecule has 0 bridgehead atoms. The number of rotatable bonds is 5. The molecule has 86 valence electrons.